The molecule has 1 aromatic carbocycles. The van der Waals surface area contributed by atoms with Crippen LogP contribution in [-0.4, -0.2) is 45.1 Å². The molecule has 38 heavy (non-hydrogen) atoms. The van der Waals surface area contributed by atoms with Crippen molar-refractivity contribution in [2.45, 2.75) is 20.3 Å². The molecule has 3 aromatic heterocycles. The maximum absolute atomic E-state index is 12.3. The van der Waals surface area contributed by atoms with Crippen molar-refractivity contribution in [2.75, 3.05) is 18.4 Å². The monoisotopic (exact) mass is 512 g/mol. The van der Waals surface area contributed by atoms with E-state index in [2.05, 4.69) is 25.9 Å². The van der Waals surface area contributed by atoms with Crippen LogP contribution in [0.1, 0.15) is 28.0 Å². The molecule has 0 fully saturated rings. The topological polar surface area (TPSA) is 138 Å². The van der Waals surface area contributed by atoms with E-state index in [0.29, 0.717) is 41.5 Å². The van der Waals surface area contributed by atoms with Crippen LogP contribution in [0.3, 0.4) is 0 Å². The van der Waals surface area contributed by atoms with Crippen molar-refractivity contribution in [2.24, 2.45) is 0 Å². The molecule has 4 rings (SSSR count). The molecule has 0 bridgehead atoms. The number of nitrogens with one attached hydrogen (secondary N) is 3. The maximum Gasteiger partial charge on any atom is 0.404 e. The molecular weight excluding hydrogens is 484 g/mol. The van der Waals surface area contributed by atoms with E-state index in [9.17, 15) is 9.59 Å². The summed E-state index contributed by atoms with van der Waals surface area (Å²) in [5.41, 5.74) is 4.54. The summed E-state index contributed by atoms with van der Waals surface area (Å²) in [4.78, 5) is 36.3. The number of aryl methyl sites for hydroxylation is 2. The van der Waals surface area contributed by atoms with Crippen LogP contribution >= 0.6 is 0 Å². The molecular formula is C28H28N6O4. The Kier molecular flexibility index (Phi) is 8.45. The average Bonchev–Trinajstić information content (AvgIpc) is 2.91. The number of hydrogen-bond acceptors (Lipinski definition) is 7. The van der Waals surface area contributed by atoms with Crippen molar-refractivity contribution in [1.82, 2.24) is 25.6 Å². The first-order valence-corrected chi connectivity index (χ1v) is 12.0. The number of carbonyl (C=O) groups excluding carboxylic acids is 1. The zero-order valence-electron chi connectivity index (χ0n) is 21.1. The lowest BCUT2D eigenvalue weighted by atomic mass is 10.1. The summed E-state index contributed by atoms with van der Waals surface area (Å²) < 4.78 is 6.22. The molecule has 0 radical (unpaired) electrons. The molecule has 0 spiro atoms. The van der Waals surface area contributed by atoms with Gasteiger partial charge in [0.05, 0.1) is 5.69 Å². The Labute approximate surface area is 220 Å². The molecule has 2 amide bonds. The van der Waals surface area contributed by atoms with Crippen LogP contribution in [-0.2, 0) is 0 Å². The Balaban J connectivity index is 1.41. The molecule has 0 unspecified atom stereocenters. The van der Waals surface area contributed by atoms with Gasteiger partial charge >= 0.3 is 6.09 Å². The van der Waals surface area contributed by atoms with Crippen molar-refractivity contribution >= 4 is 23.5 Å². The summed E-state index contributed by atoms with van der Waals surface area (Å²) in [6.07, 6.45) is 2.79. The van der Waals surface area contributed by atoms with E-state index in [1.165, 1.54) is 0 Å². The molecule has 4 aromatic rings. The van der Waals surface area contributed by atoms with Gasteiger partial charge < -0.3 is 25.8 Å². The molecule has 0 aliphatic rings. The van der Waals surface area contributed by atoms with Gasteiger partial charge in [-0.25, -0.2) is 14.8 Å². The second-order valence-electron chi connectivity index (χ2n) is 8.47. The van der Waals surface area contributed by atoms with Gasteiger partial charge in [0.2, 0.25) is 0 Å². The number of ether oxygens (including phenoxy) is 1. The molecule has 194 valence electrons. The molecule has 0 aliphatic carbocycles. The Bertz CT molecular complexity index is 1410. The number of carboxylic acid groups (broad SMARTS) is 1. The summed E-state index contributed by atoms with van der Waals surface area (Å²) >= 11 is 0. The third kappa shape index (κ3) is 7.03. The van der Waals surface area contributed by atoms with Crippen molar-refractivity contribution in [1.29, 1.82) is 0 Å². The summed E-state index contributed by atoms with van der Waals surface area (Å²) in [6.45, 7) is 4.58. The summed E-state index contributed by atoms with van der Waals surface area (Å²) in [5.74, 6) is 1.52. The van der Waals surface area contributed by atoms with Crippen LogP contribution in [0.2, 0.25) is 0 Å². The predicted octanol–water partition coefficient (Wildman–Crippen LogP) is 5.08. The normalized spacial score (nSPS) is 10.5. The minimum absolute atomic E-state index is 0.230. The van der Waals surface area contributed by atoms with Crippen LogP contribution in [0, 0.1) is 13.8 Å². The van der Waals surface area contributed by atoms with Gasteiger partial charge in [0.15, 0.2) is 5.75 Å². The maximum atomic E-state index is 12.3. The van der Waals surface area contributed by atoms with Gasteiger partial charge in [-0.3, -0.25) is 9.78 Å². The van der Waals surface area contributed by atoms with Crippen LogP contribution in [0.15, 0.2) is 73.1 Å². The fourth-order valence-electron chi connectivity index (χ4n) is 3.56. The largest absolute Gasteiger partial charge is 0.465 e. The highest BCUT2D eigenvalue weighted by Gasteiger charge is 2.13. The number of pyridine rings is 3. The number of nitrogens with zero attached hydrogens (tertiary/aromatic N) is 3. The molecule has 0 saturated heterocycles. The van der Waals surface area contributed by atoms with E-state index < -0.39 is 6.09 Å². The van der Waals surface area contributed by atoms with Crippen LogP contribution < -0.4 is 20.7 Å². The fraction of sp³-hybridized carbons (Fsp3) is 0.179. The number of carbonyl (C=O) groups is 2. The standard InChI is InChI=1S/C28H28N6O4/c1-18-16-24(26(33-19(18)2)23-6-3-4-12-29-23)38-22-11-15-30-25(17-22)34-21-9-7-20(8-10-21)27(35)31-13-5-14-32-28(36)37/h3-4,6-12,15-17,32H,5,13-14H2,1-2H3,(H,30,34)(H,31,35)(H,36,37). The van der Waals surface area contributed by atoms with Gasteiger partial charge in [-0.15, -0.1) is 0 Å². The zero-order chi connectivity index (χ0) is 26.9. The summed E-state index contributed by atoms with van der Waals surface area (Å²) in [7, 11) is 0. The minimum Gasteiger partial charge on any atom is -0.465 e. The lowest BCUT2D eigenvalue weighted by Crippen LogP contribution is -2.29. The number of hydrogen-bond donors (Lipinski definition) is 4. The number of benzene rings is 1. The SMILES string of the molecule is Cc1cc(Oc2ccnc(Nc3ccc(C(=O)NCCCNC(=O)O)cc3)c2)c(-c2ccccn2)nc1C. The van der Waals surface area contributed by atoms with Crippen LogP contribution in [0.5, 0.6) is 11.5 Å². The van der Waals surface area contributed by atoms with Crippen molar-refractivity contribution in [3.63, 3.8) is 0 Å². The van der Waals surface area contributed by atoms with Crippen molar-refractivity contribution in [3.05, 3.63) is 89.9 Å². The van der Waals surface area contributed by atoms with Gasteiger partial charge in [-0.2, -0.15) is 0 Å². The van der Waals surface area contributed by atoms with E-state index >= 15 is 0 Å². The molecule has 0 atom stereocenters. The highest BCUT2D eigenvalue weighted by molar-refractivity contribution is 5.94. The quantitative estimate of drug-likeness (QED) is 0.216. The van der Waals surface area contributed by atoms with Crippen molar-refractivity contribution < 1.29 is 19.4 Å². The highest BCUT2D eigenvalue weighted by Crippen LogP contribution is 2.33. The van der Waals surface area contributed by atoms with Gasteiger partial charge in [0.25, 0.3) is 5.91 Å². The summed E-state index contributed by atoms with van der Waals surface area (Å²) in [6, 6.07) is 18.1. The number of anilines is 2. The van der Waals surface area contributed by atoms with E-state index in [1.807, 2.05) is 38.1 Å². The van der Waals surface area contributed by atoms with Gasteiger partial charge in [-0.05, 0) is 74.4 Å². The van der Waals surface area contributed by atoms with Gasteiger partial charge in [0, 0.05) is 48.5 Å². The van der Waals surface area contributed by atoms with Crippen LogP contribution in [0.4, 0.5) is 16.3 Å². The molecule has 3 heterocycles. The first kappa shape index (κ1) is 26.1. The lowest BCUT2D eigenvalue weighted by molar-refractivity contribution is 0.0953. The first-order valence-electron chi connectivity index (χ1n) is 12.0. The van der Waals surface area contributed by atoms with E-state index in [0.717, 1.165) is 22.6 Å². The van der Waals surface area contributed by atoms with Crippen LogP contribution in [0.25, 0.3) is 11.4 Å². The fourth-order valence-corrected chi connectivity index (χ4v) is 3.56. The Morgan fingerprint density at radius 3 is 2.45 bits per heavy atom. The number of amides is 2. The third-order valence-corrected chi connectivity index (χ3v) is 5.63. The average molecular weight is 513 g/mol. The zero-order valence-corrected chi connectivity index (χ0v) is 21.1. The predicted molar refractivity (Wildman–Crippen MR) is 144 cm³/mol. The molecule has 0 aliphatic heterocycles. The molecule has 10 nitrogen and oxygen atoms in total. The highest BCUT2D eigenvalue weighted by atomic mass is 16.5. The Morgan fingerprint density at radius 1 is 0.921 bits per heavy atom. The lowest BCUT2D eigenvalue weighted by Gasteiger charge is -2.14. The minimum atomic E-state index is -1.08. The number of aromatic nitrogens is 3. The van der Waals surface area contributed by atoms with E-state index in [1.54, 1.807) is 48.8 Å². The van der Waals surface area contributed by atoms with E-state index in [4.69, 9.17) is 14.8 Å². The number of rotatable bonds is 10. The molecule has 10 heteroatoms. The smallest absolute Gasteiger partial charge is 0.404 e. The molecule has 0 saturated carbocycles. The van der Waals surface area contributed by atoms with E-state index in [-0.39, 0.29) is 12.5 Å². The molecule has 4 N–H and O–H groups in total. The summed E-state index contributed by atoms with van der Waals surface area (Å²) in [5, 5.41) is 16.8. The van der Waals surface area contributed by atoms with Crippen molar-refractivity contribution in [3.8, 4) is 22.9 Å². The first-order chi connectivity index (χ1) is 18.4. The second kappa shape index (κ2) is 12.3. The van der Waals surface area contributed by atoms with Gasteiger partial charge in [0.1, 0.15) is 17.3 Å². The van der Waals surface area contributed by atoms with Gasteiger partial charge in [-0.1, -0.05) is 6.07 Å². The Hall–Kier alpha value is -4.99. The second-order valence-corrected chi connectivity index (χ2v) is 8.47. The third-order valence-electron chi connectivity index (χ3n) is 5.63. The Morgan fingerprint density at radius 2 is 1.71 bits per heavy atom.